The number of halogens is 3. The van der Waals surface area contributed by atoms with E-state index in [4.69, 9.17) is 16.0 Å². The second-order valence-electron chi connectivity index (χ2n) is 3.61. The summed E-state index contributed by atoms with van der Waals surface area (Å²) in [4.78, 5) is 2.33. The molecule has 1 atom stereocenters. The van der Waals surface area contributed by atoms with Crippen LogP contribution in [0.15, 0.2) is 29.2 Å². The minimum atomic E-state index is 0. The molecule has 0 amide bonds. The van der Waals surface area contributed by atoms with Crippen LogP contribution in [0.1, 0.15) is 11.8 Å². The van der Waals surface area contributed by atoms with Gasteiger partial charge in [0.25, 0.3) is 0 Å². The van der Waals surface area contributed by atoms with Gasteiger partial charge in [-0.25, -0.2) is 0 Å². The molecule has 0 saturated carbocycles. The second-order valence-corrected chi connectivity index (χ2v) is 3.98. The number of hydrogen-bond acceptors (Lipinski definition) is 3. The first kappa shape index (κ1) is 16.8. The van der Waals surface area contributed by atoms with E-state index in [0.717, 1.165) is 31.9 Å². The average Bonchev–Trinajstić information content (AvgIpc) is 2.68. The molecule has 1 saturated heterocycles. The quantitative estimate of drug-likeness (QED) is 0.870. The minimum absolute atomic E-state index is 0. The highest BCUT2D eigenvalue weighted by Crippen LogP contribution is 2.25. The Morgan fingerprint density at radius 1 is 1.35 bits per heavy atom. The summed E-state index contributed by atoms with van der Waals surface area (Å²) in [6, 6.07) is 3.83. The lowest BCUT2D eigenvalue weighted by Crippen LogP contribution is -2.44. The van der Waals surface area contributed by atoms with Crippen molar-refractivity contribution in [2.75, 3.05) is 26.2 Å². The Labute approximate surface area is 119 Å². The van der Waals surface area contributed by atoms with E-state index in [1.165, 1.54) is 0 Å². The maximum absolute atomic E-state index is 5.77. The van der Waals surface area contributed by atoms with Crippen molar-refractivity contribution in [2.24, 2.45) is 0 Å². The van der Waals surface area contributed by atoms with Crippen molar-refractivity contribution in [3.63, 3.8) is 0 Å². The van der Waals surface area contributed by atoms with Gasteiger partial charge in [-0.15, -0.1) is 31.4 Å². The van der Waals surface area contributed by atoms with Crippen LogP contribution in [0.3, 0.4) is 0 Å². The number of furan rings is 1. The Morgan fingerprint density at radius 3 is 2.47 bits per heavy atom. The Morgan fingerprint density at radius 2 is 2.00 bits per heavy atom. The van der Waals surface area contributed by atoms with Crippen LogP contribution in [-0.2, 0) is 0 Å². The Balaban J connectivity index is 0.00000128. The SMILES string of the molecule is C=C[C@H](c1ccc(Cl)o1)N1CCNCC1.Cl.Cl. The van der Waals surface area contributed by atoms with Gasteiger partial charge in [-0.2, -0.15) is 0 Å². The predicted octanol–water partition coefficient (Wildman–Crippen LogP) is 2.91. The van der Waals surface area contributed by atoms with Gasteiger partial charge in [0.15, 0.2) is 5.22 Å². The molecule has 0 bridgehead atoms. The third-order valence-electron chi connectivity index (χ3n) is 2.65. The van der Waals surface area contributed by atoms with Crippen LogP contribution in [0.5, 0.6) is 0 Å². The van der Waals surface area contributed by atoms with Gasteiger partial charge in [-0.3, -0.25) is 4.90 Å². The third-order valence-corrected chi connectivity index (χ3v) is 2.86. The van der Waals surface area contributed by atoms with Crippen molar-refractivity contribution in [3.8, 4) is 0 Å². The topological polar surface area (TPSA) is 28.4 Å². The standard InChI is InChI=1S/C11H15ClN2O.2ClH/c1-2-9(10-3-4-11(12)15-10)14-7-5-13-6-8-14;;/h2-4,9,13H,1,5-8H2;2*1H/t9-;;/m1../s1. The molecule has 98 valence electrons. The molecular weight excluding hydrogens is 282 g/mol. The van der Waals surface area contributed by atoms with E-state index in [0.29, 0.717) is 5.22 Å². The lowest BCUT2D eigenvalue weighted by Gasteiger charge is -2.31. The fourth-order valence-electron chi connectivity index (χ4n) is 1.89. The highest BCUT2D eigenvalue weighted by atomic mass is 35.5. The van der Waals surface area contributed by atoms with Crippen LogP contribution >= 0.6 is 36.4 Å². The van der Waals surface area contributed by atoms with Gasteiger partial charge in [0.1, 0.15) is 5.76 Å². The Bertz CT molecular complexity index is 337. The molecule has 0 spiro atoms. The zero-order valence-corrected chi connectivity index (χ0v) is 11.8. The lowest BCUT2D eigenvalue weighted by atomic mass is 10.1. The van der Waals surface area contributed by atoms with Crippen molar-refractivity contribution in [1.29, 1.82) is 0 Å². The maximum Gasteiger partial charge on any atom is 0.193 e. The van der Waals surface area contributed by atoms with E-state index in [-0.39, 0.29) is 30.9 Å². The van der Waals surface area contributed by atoms with E-state index in [2.05, 4.69) is 16.8 Å². The minimum Gasteiger partial charge on any atom is -0.448 e. The molecule has 3 nitrogen and oxygen atoms in total. The van der Waals surface area contributed by atoms with Gasteiger partial charge >= 0.3 is 0 Å². The van der Waals surface area contributed by atoms with Crippen LogP contribution < -0.4 is 5.32 Å². The summed E-state index contributed by atoms with van der Waals surface area (Å²) in [6.07, 6.45) is 1.90. The van der Waals surface area contributed by atoms with E-state index in [9.17, 15) is 0 Å². The van der Waals surface area contributed by atoms with Gasteiger partial charge in [-0.1, -0.05) is 6.08 Å². The number of piperazine rings is 1. The number of rotatable bonds is 3. The maximum atomic E-state index is 5.77. The van der Waals surface area contributed by atoms with Crippen molar-refractivity contribution in [3.05, 3.63) is 35.8 Å². The molecule has 0 unspecified atom stereocenters. The summed E-state index contributed by atoms with van der Waals surface area (Å²) >= 11 is 5.77. The monoisotopic (exact) mass is 298 g/mol. The summed E-state index contributed by atoms with van der Waals surface area (Å²) in [5.41, 5.74) is 0. The molecule has 1 aliphatic rings. The molecule has 1 fully saturated rings. The average molecular weight is 300 g/mol. The van der Waals surface area contributed by atoms with Crippen LogP contribution in [-0.4, -0.2) is 31.1 Å². The zero-order chi connectivity index (χ0) is 10.7. The van der Waals surface area contributed by atoms with Gasteiger partial charge in [0, 0.05) is 26.2 Å². The largest absolute Gasteiger partial charge is 0.448 e. The highest BCUT2D eigenvalue weighted by Gasteiger charge is 2.21. The van der Waals surface area contributed by atoms with E-state index < -0.39 is 0 Å². The van der Waals surface area contributed by atoms with Crippen molar-refractivity contribution in [2.45, 2.75) is 6.04 Å². The van der Waals surface area contributed by atoms with E-state index >= 15 is 0 Å². The molecule has 2 rings (SSSR count). The zero-order valence-electron chi connectivity index (χ0n) is 9.39. The lowest BCUT2D eigenvalue weighted by molar-refractivity contribution is 0.185. The van der Waals surface area contributed by atoms with Crippen molar-refractivity contribution in [1.82, 2.24) is 10.2 Å². The Kier molecular flexibility index (Phi) is 7.92. The molecule has 0 radical (unpaired) electrons. The first-order chi connectivity index (χ1) is 7.31. The molecule has 17 heavy (non-hydrogen) atoms. The molecule has 2 heterocycles. The molecule has 1 aromatic rings. The summed E-state index contributed by atoms with van der Waals surface area (Å²) in [5, 5.41) is 3.75. The van der Waals surface area contributed by atoms with E-state index in [1.807, 2.05) is 12.1 Å². The summed E-state index contributed by atoms with van der Waals surface area (Å²) in [7, 11) is 0. The molecule has 0 aliphatic carbocycles. The fourth-order valence-corrected chi connectivity index (χ4v) is 2.04. The predicted molar refractivity (Wildman–Crippen MR) is 75.6 cm³/mol. The smallest absolute Gasteiger partial charge is 0.193 e. The van der Waals surface area contributed by atoms with Crippen molar-refractivity contribution < 1.29 is 4.42 Å². The first-order valence-corrected chi connectivity index (χ1v) is 5.51. The van der Waals surface area contributed by atoms with Gasteiger partial charge in [0.2, 0.25) is 0 Å². The molecule has 6 heteroatoms. The molecule has 1 aromatic heterocycles. The number of nitrogens with one attached hydrogen (secondary N) is 1. The summed E-state index contributed by atoms with van der Waals surface area (Å²) in [5.74, 6) is 0.872. The van der Waals surface area contributed by atoms with Crippen LogP contribution in [0.25, 0.3) is 0 Å². The molecule has 1 N–H and O–H groups in total. The van der Waals surface area contributed by atoms with Crippen LogP contribution in [0.2, 0.25) is 5.22 Å². The fraction of sp³-hybridized carbons (Fsp3) is 0.455. The molecule has 1 aliphatic heterocycles. The Hall–Kier alpha value is -0.190. The molecule has 0 aromatic carbocycles. The number of nitrogens with zero attached hydrogens (tertiary/aromatic N) is 1. The summed E-state index contributed by atoms with van der Waals surface area (Å²) in [6.45, 7) is 7.90. The highest BCUT2D eigenvalue weighted by molar-refractivity contribution is 6.28. The second kappa shape index (κ2) is 8.01. The van der Waals surface area contributed by atoms with Gasteiger partial charge < -0.3 is 9.73 Å². The van der Waals surface area contributed by atoms with Gasteiger partial charge in [0.05, 0.1) is 6.04 Å². The normalized spacial score (nSPS) is 17.7. The van der Waals surface area contributed by atoms with E-state index in [1.54, 1.807) is 6.07 Å². The van der Waals surface area contributed by atoms with Crippen LogP contribution in [0, 0.1) is 0 Å². The number of hydrogen-bond donors (Lipinski definition) is 1. The van der Waals surface area contributed by atoms with Gasteiger partial charge in [-0.05, 0) is 23.7 Å². The van der Waals surface area contributed by atoms with Crippen molar-refractivity contribution >= 4 is 36.4 Å². The first-order valence-electron chi connectivity index (χ1n) is 5.14. The third kappa shape index (κ3) is 4.19. The molecular formula is C11H17Cl3N2O. The summed E-state index contributed by atoms with van der Waals surface area (Å²) < 4.78 is 5.42. The van der Waals surface area contributed by atoms with Crippen LogP contribution in [0.4, 0.5) is 0 Å².